The van der Waals surface area contributed by atoms with Crippen LogP contribution >= 0.6 is 0 Å². The zero-order valence-corrected chi connectivity index (χ0v) is 11.5. The van der Waals surface area contributed by atoms with E-state index in [0.29, 0.717) is 12.2 Å². The molecule has 2 nitrogen and oxygen atoms in total. The normalized spacial score (nSPS) is 18.6. The molecule has 1 aliphatic heterocycles. The summed E-state index contributed by atoms with van der Waals surface area (Å²) in [4.78, 5) is 12.4. The maximum Gasteiger partial charge on any atom is 0.139 e. The molecule has 98 valence electrons. The van der Waals surface area contributed by atoms with Gasteiger partial charge in [0, 0.05) is 11.8 Å². The molecule has 2 heteroatoms. The molecule has 1 fully saturated rings. The monoisotopic (exact) mass is 245 g/mol. The standard InChI is InChI=1S/C16H23NO/c1-3-15(18)16(8-10-17-11-9-16)12-14-7-5-4-6-13(14)2/h4-7,17H,3,8-12H2,1-2H3. The first-order valence-corrected chi connectivity index (χ1v) is 6.96. The fourth-order valence-corrected chi connectivity index (χ4v) is 3.01. The van der Waals surface area contributed by atoms with Crippen molar-refractivity contribution >= 4 is 5.78 Å². The fraction of sp³-hybridized carbons (Fsp3) is 0.562. The topological polar surface area (TPSA) is 29.1 Å². The minimum atomic E-state index is -0.119. The summed E-state index contributed by atoms with van der Waals surface area (Å²) in [6, 6.07) is 8.45. The van der Waals surface area contributed by atoms with Gasteiger partial charge >= 0.3 is 0 Å². The first kappa shape index (κ1) is 13.3. The van der Waals surface area contributed by atoms with Crippen LogP contribution in [-0.2, 0) is 11.2 Å². The highest BCUT2D eigenvalue weighted by molar-refractivity contribution is 5.85. The van der Waals surface area contributed by atoms with E-state index in [1.54, 1.807) is 0 Å². The molecule has 1 aromatic rings. The van der Waals surface area contributed by atoms with Gasteiger partial charge in [0.25, 0.3) is 0 Å². The maximum absolute atomic E-state index is 12.4. The highest BCUT2D eigenvalue weighted by atomic mass is 16.1. The number of aryl methyl sites for hydroxylation is 1. The second-order valence-corrected chi connectivity index (χ2v) is 5.41. The molecule has 0 radical (unpaired) electrons. The van der Waals surface area contributed by atoms with Gasteiger partial charge in [0.1, 0.15) is 5.78 Å². The fourth-order valence-electron chi connectivity index (χ4n) is 3.01. The summed E-state index contributed by atoms with van der Waals surface area (Å²) < 4.78 is 0. The lowest BCUT2D eigenvalue weighted by Crippen LogP contribution is -2.43. The smallest absolute Gasteiger partial charge is 0.139 e. The third-order valence-corrected chi connectivity index (χ3v) is 4.26. The van der Waals surface area contributed by atoms with Crippen LogP contribution in [-0.4, -0.2) is 18.9 Å². The Kier molecular flexibility index (Phi) is 4.18. The Labute approximate surface area is 110 Å². The number of carbonyl (C=O) groups excluding carboxylic acids is 1. The molecule has 0 amide bonds. The van der Waals surface area contributed by atoms with Crippen molar-refractivity contribution in [2.75, 3.05) is 13.1 Å². The quantitative estimate of drug-likeness (QED) is 0.883. The zero-order chi connectivity index (χ0) is 13.0. The zero-order valence-electron chi connectivity index (χ0n) is 11.5. The lowest BCUT2D eigenvalue weighted by atomic mass is 9.70. The number of carbonyl (C=O) groups is 1. The lowest BCUT2D eigenvalue weighted by Gasteiger charge is -2.36. The third-order valence-electron chi connectivity index (χ3n) is 4.26. The van der Waals surface area contributed by atoms with Crippen molar-refractivity contribution in [3.63, 3.8) is 0 Å². The Morgan fingerprint density at radius 2 is 1.94 bits per heavy atom. The van der Waals surface area contributed by atoms with Gasteiger partial charge in [-0.25, -0.2) is 0 Å². The van der Waals surface area contributed by atoms with Crippen molar-refractivity contribution in [1.82, 2.24) is 5.32 Å². The molecule has 2 rings (SSSR count). The van der Waals surface area contributed by atoms with Crippen molar-refractivity contribution in [2.45, 2.75) is 39.5 Å². The van der Waals surface area contributed by atoms with Crippen LogP contribution in [0.3, 0.4) is 0 Å². The van der Waals surface area contributed by atoms with Gasteiger partial charge < -0.3 is 5.32 Å². The largest absolute Gasteiger partial charge is 0.317 e. The van der Waals surface area contributed by atoms with Crippen LogP contribution in [0.4, 0.5) is 0 Å². The summed E-state index contributed by atoms with van der Waals surface area (Å²) in [6.45, 7) is 6.07. The van der Waals surface area contributed by atoms with Gasteiger partial charge in [-0.05, 0) is 50.4 Å². The minimum absolute atomic E-state index is 0.119. The van der Waals surface area contributed by atoms with Crippen LogP contribution in [0, 0.1) is 12.3 Å². The first-order chi connectivity index (χ1) is 8.68. The van der Waals surface area contributed by atoms with Gasteiger partial charge in [-0.15, -0.1) is 0 Å². The number of benzene rings is 1. The summed E-state index contributed by atoms with van der Waals surface area (Å²) >= 11 is 0. The van der Waals surface area contributed by atoms with Crippen molar-refractivity contribution in [3.05, 3.63) is 35.4 Å². The number of piperidine rings is 1. The van der Waals surface area contributed by atoms with Crippen molar-refractivity contribution < 1.29 is 4.79 Å². The third kappa shape index (κ3) is 2.64. The van der Waals surface area contributed by atoms with Crippen LogP contribution in [0.5, 0.6) is 0 Å². The number of nitrogens with one attached hydrogen (secondary N) is 1. The van der Waals surface area contributed by atoms with E-state index in [1.807, 2.05) is 6.92 Å². The summed E-state index contributed by atoms with van der Waals surface area (Å²) in [5.74, 6) is 0.437. The van der Waals surface area contributed by atoms with E-state index in [4.69, 9.17) is 0 Å². The molecule has 1 aromatic carbocycles. The van der Waals surface area contributed by atoms with Gasteiger partial charge in [0.05, 0.1) is 0 Å². The molecule has 0 unspecified atom stereocenters. The van der Waals surface area contributed by atoms with Crippen molar-refractivity contribution in [1.29, 1.82) is 0 Å². The molecule has 0 aromatic heterocycles. The van der Waals surface area contributed by atoms with Crippen LogP contribution in [0.25, 0.3) is 0 Å². The van der Waals surface area contributed by atoms with Crippen molar-refractivity contribution in [3.8, 4) is 0 Å². The van der Waals surface area contributed by atoms with Gasteiger partial charge in [0.2, 0.25) is 0 Å². The predicted octanol–water partition coefficient (Wildman–Crippen LogP) is 2.89. The SMILES string of the molecule is CCC(=O)C1(Cc2ccccc2C)CCNCC1. The molecular formula is C16H23NO. The molecular weight excluding hydrogens is 222 g/mol. The summed E-state index contributed by atoms with van der Waals surface area (Å²) in [6.07, 6.45) is 3.53. The molecule has 1 N–H and O–H groups in total. The molecule has 0 bridgehead atoms. The van der Waals surface area contributed by atoms with E-state index >= 15 is 0 Å². The first-order valence-electron chi connectivity index (χ1n) is 6.96. The van der Waals surface area contributed by atoms with E-state index in [0.717, 1.165) is 32.4 Å². The Morgan fingerprint density at radius 3 is 2.56 bits per heavy atom. The summed E-state index contributed by atoms with van der Waals surface area (Å²) in [5, 5.41) is 3.37. The molecule has 0 atom stereocenters. The van der Waals surface area contributed by atoms with Crippen LogP contribution < -0.4 is 5.32 Å². The average molecular weight is 245 g/mol. The molecule has 18 heavy (non-hydrogen) atoms. The van der Waals surface area contributed by atoms with Crippen LogP contribution in [0.15, 0.2) is 24.3 Å². The molecule has 0 spiro atoms. The van der Waals surface area contributed by atoms with E-state index in [9.17, 15) is 4.79 Å². The van der Waals surface area contributed by atoms with Crippen molar-refractivity contribution in [2.24, 2.45) is 5.41 Å². The Bertz CT molecular complexity index is 419. The molecule has 0 aliphatic carbocycles. The number of rotatable bonds is 4. The number of hydrogen-bond acceptors (Lipinski definition) is 2. The number of ketones is 1. The van der Waals surface area contributed by atoms with Gasteiger partial charge in [-0.1, -0.05) is 31.2 Å². The molecule has 1 saturated heterocycles. The molecule has 1 aliphatic rings. The molecule has 0 saturated carbocycles. The number of Topliss-reactive ketones (excluding diaryl/α,β-unsaturated/α-hetero) is 1. The van der Waals surface area contributed by atoms with Gasteiger partial charge in [-0.2, -0.15) is 0 Å². The summed E-state index contributed by atoms with van der Waals surface area (Å²) in [7, 11) is 0. The Hall–Kier alpha value is -1.15. The van der Waals surface area contributed by atoms with E-state index in [-0.39, 0.29) is 5.41 Å². The van der Waals surface area contributed by atoms with Gasteiger partial charge in [0.15, 0.2) is 0 Å². The highest BCUT2D eigenvalue weighted by Crippen LogP contribution is 2.35. The van der Waals surface area contributed by atoms with Crippen LogP contribution in [0.1, 0.15) is 37.3 Å². The predicted molar refractivity (Wildman–Crippen MR) is 74.7 cm³/mol. The minimum Gasteiger partial charge on any atom is -0.317 e. The highest BCUT2D eigenvalue weighted by Gasteiger charge is 2.38. The summed E-state index contributed by atoms with van der Waals surface area (Å²) in [5.41, 5.74) is 2.52. The van der Waals surface area contributed by atoms with Gasteiger partial charge in [-0.3, -0.25) is 4.79 Å². The second kappa shape index (κ2) is 5.66. The average Bonchev–Trinajstić information content (AvgIpc) is 2.41. The molecule has 1 heterocycles. The number of hydrogen-bond donors (Lipinski definition) is 1. The maximum atomic E-state index is 12.4. The van der Waals surface area contributed by atoms with E-state index < -0.39 is 0 Å². The van der Waals surface area contributed by atoms with E-state index in [2.05, 4.69) is 36.5 Å². The Balaban J connectivity index is 2.25. The van der Waals surface area contributed by atoms with E-state index in [1.165, 1.54) is 11.1 Å². The Morgan fingerprint density at radius 1 is 1.28 bits per heavy atom. The second-order valence-electron chi connectivity index (χ2n) is 5.41. The van der Waals surface area contributed by atoms with Crippen LogP contribution in [0.2, 0.25) is 0 Å². The lowest BCUT2D eigenvalue weighted by molar-refractivity contribution is -0.130.